The zero-order chi connectivity index (χ0) is 20.4. The van der Waals surface area contributed by atoms with Gasteiger partial charge in [-0.05, 0) is 54.5 Å². The number of likely N-dealkylation sites (tertiary alicyclic amines) is 1. The van der Waals surface area contributed by atoms with Crippen LogP contribution in [0.3, 0.4) is 0 Å². The summed E-state index contributed by atoms with van der Waals surface area (Å²) in [5.74, 6) is 1.43. The summed E-state index contributed by atoms with van der Waals surface area (Å²) in [5, 5.41) is 3.30. The van der Waals surface area contributed by atoms with Crippen LogP contribution in [0.2, 0.25) is 0 Å². The summed E-state index contributed by atoms with van der Waals surface area (Å²) in [5.41, 5.74) is 1.90. The Labute approximate surface area is 171 Å². The monoisotopic (exact) mass is 395 g/mol. The molecule has 0 aliphatic carbocycles. The molecule has 0 spiro atoms. The van der Waals surface area contributed by atoms with Crippen molar-refractivity contribution in [1.29, 1.82) is 0 Å². The number of benzene rings is 1. The lowest BCUT2D eigenvalue weighted by atomic mass is 9.74. The number of amides is 1. The van der Waals surface area contributed by atoms with E-state index in [1.54, 1.807) is 24.8 Å². The lowest BCUT2D eigenvalue weighted by Crippen LogP contribution is -2.63. The molecule has 1 aromatic heterocycles. The maximum atomic E-state index is 13.4. The second kappa shape index (κ2) is 8.03. The summed E-state index contributed by atoms with van der Waals surface area (Å²) in [6.45, 7) is 2.94. The first-order valence-corrected chi connectivity index (χ1v) is 10.3. The minimum atomic E-state index is -0.359. The molecule has 2 aliphatic heterocycles. The van der Waals surface area contributed by atoms with Gasteiger partial charge in [-0.1, -0.05) is 12.1 Å². The topological polar surface area (TPSA) is 63.6 Å². The molecule has 2 aliphatic rings. The number of aromatic nitrogens is 1. The summed E-state index contributed by atoms with van der Waals surface area (Å²) in [6, 6.07) is 11.8. The van der Waals surface area contributed by atoms with Crippen molar-refractivity contribution in [3.8, 4) is 5.75 Å². The largest absolute Gasteiger partial charge is 0.497 e. The molecule has 0 unspecified atom stereocenters. The second-order valence-electron chi connectivity index (χ2n) is 8.39. The lowest BCUT2D eigenvalue weighted by Gasteiger charge is -2.46. The van der Waals surface area contributed by atoms with Gasteiger partial charge in [0.05, 0.1) is 12.5 Å². The van der Waals surface area contributed by atoms with E-state index in [1.165, 1.54) is 0 Å². The Bertz CT molecular complexity index is 940. The van der Waals surface area contributed by atoms with E-state index in [0.717, 1.165) is 62.3 Å². The highest BCUT2D eigenvalue weighted by Crippen LogP contribution is 2.34. The molecule has 0 bridgehead atoms. The van der Waals surface area contributed by atoms with Crippen molar-refractivity contribution in [3.63, 3.8) is 0 Å². The van der Waals surface area contributed by atoms with Gasteiger partial charge in [-0.2, -0.15) is 0 Å². The van der Waals surface area contributed by atoms with Gasteiger partial charge in [0.2, 0.25) is 5.91 Å². The molecule has 1 aromatic carbocycles. The second-order valence-corrected chi connectivity index (χ2v) is 8.39. The van der Waals surface area contributed by atoms with E-state index in [9.17, 15) is 9.59 Å². The summed E-state index contributed by atoms with van der Waals surface area (Å²) < 4.78 is 6.92. The summed E-state index contributed by atoms with van der Waals surface area (Å²) in [6.07, 6.45) is 4.37. The fourth-order valence-electron chi connectivity index (χ4n) is 4.52. The van der Waals surface area contributed by atoms with E-state index in [-0.39, 0.29) is 16.9 Å². The molecule has 1 N–H and O–H groups in total. The number of piperidine rings is 1. The van der Waals surface area contributed by atoms with Crippen LogP contribution in [0.4, 0.5) is 0 Å². The maximum Gasteiger partial charge on any atom is 0.250 e. The maximum absolute atomic E-state index is 13.4. The van der Waals surface area contributed by atoms with Gasteiger partial charge in [-0.25, -0.2) is 0 Å². The van der Waals surface area contributed by atoms with Gasteiger partial charge in [0.25, 0.3) is 5.56 Å². The number of carbonyl (C=O) groups excluding carboxylic acids is 1. The molecule has 3 heterocycles. The third kappa shape index (κ3) is 3.94. The molecule has 0 saturated carbocycles. The van der Waals surface area contributed by atoms with Gasteiger partial charge in [0.15, 0.2) is 0 Å². The number of methoxy groups -OCH3 is 1. The third-order valence-corrected chi connectivity index (χ3v) is 6.44. The minimum Gasteiger partial charge on any atom is -0.497 e. The molecule has 29 heavy (non-hydrogen) atoms. The Hall–Kier alpha value is -2.60. The van der Waals surface area contributed by atoms with Crippen LogP contribution in [0.1, 0.15) is 29.9 Å². The predicted octanol–water partition coefficient (Wildman–Crippen LogP) is 1.93. The predicted molar refractivity (Wildman–Crippen MR) is 112 cm³/mol. The van der Waals surface area contributed by atoms with Crippen molar-refractivity contribution in [2.45, 2.75) is 25.2 Å². The van der Waals surface area contributed by atoms with Crippen molar-refractivity contribution >= 4 is 5.91 Å². The first-order chi connectivity index (χ1) is 14.0. The van der Waals surface area contributed by atoms with E-state index in [0.29, 0.717) is 5.92 Å². The number of ether oxygens (including phenoxy) is 1. The van der Waals surface area contributed by atoms with E-state index in [1.807, 2.05) is 35.4 Å². The zero-order valence-corrected chi connectivity index (χ0v) is 17.2. The molecule has 0 radical (unpaired) electrons. The minimum absolute atomic E-state index is 0.0267. The highest BCUT2D eigenvalue weighted by Gasteiger charge is 2.46. The highest BCUT2D eigenvalue weighted by molar-refractivity contribution is 5.85. The van der Waals surface area contributed by atoms with Crippen molar-refractivity contribution < 1.29 is 9.53 Å². The van der Waals surface area contributed by atoms with Gasteiger partial charge >= 0.3 is 0 Å². The molecule has 2 saturated heterocycles. The van der Waals surface area contributed by atoms with Crippen LogP contribution in [-0.2, 0) is 18.3 Å². The van der Waals surface area contributed by atoms with E-state index < -0.39 is 0 Å². The Morgan fingerprint density at radius 2 is 1.97 bits per heavy atom. The number of carbonyl (C=O) groups is 1. The molecule has 2 aromatic rings. The summed E-state index contributed by atoms with van der Waals surface area (Å²) in [7, 11) is 3.43. The van der Waals surface area contributed by atoms with Crippen molar-refractivity contribution in [3.05, 3.63) is 64.1 Å². The molecule has 2 fully saturated rings. The number of hydrogen-bond acceptors (Lipinski definition) is 4. The normalized spacial score (nSPS) is 18.9. The number of nitrogens with one attached hydrogen (secondary N) is 1. The third-order valence-electron chi connectivity index (χ3n) is 6.44. The smallest absolute Gasteiger partial charge is 0.250 e. The van der Waals surface area contributed by atoms with E-state index >= 15 is 0 Å². The van der Waals surface area contributed by atoms with Gasteiger partial charge < -0.3 is 19.5 Å². The summed E-state index contributed by atoms with van der Waals surface area (Å²) in [4.78, 5) is 27.4. The van der Waals surface area contributed by atoms with Crippen LogP contribution in [-0.4, -0.2) is 48.7 Å². The Kier molecular flexibility index (Phi) is 5.46. The van der Waals surface area contributed by atoms with E-state index in [4.69, 9.17) is 4.74 Å². The number of hydrogen-bond donors (Lipinski definition) is 1. The van der Waals surface area contributed by atoms with Crippen LogP contribution < -0.4 is 15.6 Å². The molecular formula is C23H29N3O3. The average Bonchev–Trinajstić information content (AvgIpc) is 2.72. The summed E-state index contributed by atoms with van der Waals surface area (Å²) >= 11 is 0. The molecule has 1 amide bonds. The zero-order valence-electron chi connectivity index (χ0n) is 17.2. The van der Waals surface area contributed by atoms with Gasteiger partial charge in [0, 0.05) is 45.5 Å². The first kappa shape index (κ1) is 19.7. The van der Waals surface area contributed by atoms with Crippen molar-refractivity contribution in [1.82, 2.24) is 14.8 Å². The number of nitrogens with zero attached hydrogens (tertiary/aromatic N) is 2. The van der Waals surface area contributed by atoms with Crippen molar-refractivity contribution in [2.75, 3.05) is 33.3 Å². The first-order valence-electron chi connectivity index (χ1n) is 10.3. The van der Waals surface area contributed by atoms with Gasteiger partial charge in [-0.3, -0.25) is 9.59 Å². The number of aryl methyl sites for hydroxylation is 1. The standard InChI is InChI=1S/C23H29N3O3/c1-25-9-6-19(13-21(25)27)18-7-10-26(11-8-18)22(28)23(15-24-16-23)14-17-4-3-5-20(12-17)29-2/h3-6,9,12-13,18,24H,7-8,10-11,14-16H2,1-2H3. The van der Waals surface area contributed by atoms with Gasteiger partial charge in [-0.15, -0.1) is 0 Å². The Morgan fingerprint density at radius 3 is 2.59 bits per heavy atom. The molecular weight excluding hydrogens is 366 g/mol. The quantitative estimate of drug-likeness (QED) is 0.840. The fourth-order valence-corrected chi connectivity index (χ4v) is 4.52. The van der Waals surface area contributed by atoms with Crippen molar-refractivity contribution in [2.24, 2.45) is 12.5 Å². The van der Waals surface area contributed by atoms with Gasteiger partial charge in [0.1, 0.15) is 5.75 Å². The van der Waals surface area contributed by atoms with Crippen LogP contribution >= 0.6 is 0 Å². The lowest BCUT2D eigenvalue weighted by molar-refractivity contribution is -0.146. The SMILES string of the molecule is COc1cccc(CC2(C(=O)N3CCC(c4ccn(C)c(=O)c4)CC3)CNC2)c1. The molecule has 154 valence electrons. The van der Waals surface area contributed by atoms with Crippen LogP contribution in [0.15, 0.2) is 47.4 Å². The number of pyridine rings is 1. The molecule has 0 atom stereocenters. The Balaban J connectivity index is 1.42. The average molecular weight is 396 g/mol. The van der Waals surface area contributed by atoms with E-state index in [2.05, 4.69) is 11.4 Å². The van der Waals surface area contributed by atoms with Crippen LogP contribution in [0, 0.1) is 5.41 Å². The fraction of sp³-hybridized carbons (Fsp3) is 0.478. The van der Waals surface area contributed by atoms with Crippen LogP contribution in [0.25, 0.3) is 0 Å². The van der Waals surface area contributed by atoms with Crippen LogP contribution in [0.5, 0.6) is 5.75 Å². The Morgan fingerprint density at radius 1 is 1.21 bits per heavy atom. The number of rotatable bonds is 5. The molecule has 6 heteroatoms. The highest BCUT2D eigenvalue weighted by atomic mass is 16.5. The molecule has 6 nitrogen and oxygen atoms in total. The molecule has 4 rings (SSSR count).